The Morgan fingerprint density at radius 2 is 1.82 bits per heavy atom. The van der Waals surface area contributed by atoms with Crippen LogP contribution in [0.2, 0.25) is 0 Å². The molecule has 0 aliphatic rings. The highest BCUT2D eigenvalue weighted by Gasteiger charge is 2.12. The maximum atomic E-state index is 12.5. The van der Waals surface area contributed by atoms with Gasteiger partial charge in [0.2, 0.25) is 5.91 Å². The molecular weight excluding hydrogens is 376 g/mol. The zero-order valence-corrected chi connectivity index (χ0v) is 16.2. The largest absolute Gasteiger partial charge is 0.302 e. The molecular formula is C20H18N4O3S. The van der Waals surface area contributed by atoms with E-state index in [-0.39, 0.29) is 30.0 Å². The number of nitrogens with one attached hydrogen (secondary N) is 2. The van der Waals surface area contributed by atoms with Crippen LogP contribution in [0.1, 0.15) is 17.5 Å². The molecule has 4 rings (SSSR count). The third-order valence-electron chi connectivity index (χ3n) is 4.63. The van der Waals surface area contributed by atoms with E-state index in [9.17, 15) is 14.4 Å². The van der Waals surface area contributed by atoms with E-state index in [1.54, 1.807) is 24.3 Å². The van der Waals surface area contributed by atoms with Crippen LogP contribution in [0.3, 0.4) is 0 Å². The van der Waals surface area contributed by atoms with E-state index in [4.69, 9.17) is 0 Å². The first kappa shape index (κ1) is 18.1. The van der Waals surface area contributed by atoms with Crippen molar-refractivity contribution >= 4 is 43.4 Å². The van der Waals surface area contributed by atoms with Gasteiger partial charge in [0.25, 0.3) is 11.1 Å². The highest BCUT2D eigenvalue weighted by molar-refractivity contribution is 7.22. The van der Waals surface area contributed by atoms with Gasteiger partial charge in [-0.25, -0.2) is 9.67 Å². The molecule has 0 aliphatic carbocycles. The topological polar surface area (TPSA) is 96.9 Å². The number of hydrogen-bond acceptors (Lipinski definition) is 5. The Labute approximate surface area is 163 Å². The summed E-state index contributed by atoms with van der Waals surface area (Å²) in [5.41, 5.74) is 2.37. The molecule has 2 heterocycles. The third-order valence-corrected chi connectivity index (χ3v) is 5.74. The Balaban J connectivity index is 1.53. The lowest BCUT2D eigenvalue weighted by atomic mass is 10.1. The van der Waals surface area contributed by atoms with Crippen molar-refractivity contribution in [3.63, 3.8) is 0 Å². The lowest BCUT2D eigenvalue weighted by molar-refractivity contribution is -0.116. The van der Waals surface area contributed by atoms with Crippen molar-refractivity contribution in [2.75, 3.05) is 5.32 Å². The summed E-state index contributed by atoms with van der Waals surface area (Å²) in [5, 5.41) is 6.52. The zero-order chi connectivity index (χ0) is 19.8. The van der Waals surface area contributed by atoms with Gasteiger partial charge >= 0.3 is 0 Å². The predicted molar refractivity (Wildman–Crippen MR) is 111 cm³/mol. The molecule has 4 aromatic rings. The van der Waals surface area contributed by atoms with Crippen LogP contribution in [0, 0.1) is 13.8 Å². The predicted octanol–water partition coefficient (Wildman–Crippen LogP) is 2.95. The van der Waals surface area contributed by atoms with Crippen molar-refractivity contribution in [2.45, 2.75) is 26.8 Å². The third kappa shape index (κ3) is 3.22. The van der Waals surface area contributed by atoms with Crippen molar-refractivity contribution in [1.29, 1.82) is 0 Å². The second kappa shape index (κ2) is 7.05. The SMILES string of the molecule is Cc1ccc(C)c2sc(NC(=O)CCn3[nH]c(=O)c4ccccc4c3=O)nc12. The number of carbonyl (C=O) groups excluding carboxylic acids is 1. The summed E-state index contributed by atoms with van der Waals surface area (Å²) in [5.74, 6) is -0.268. The number of benzene rings is 2. The van der Waals surface area contributed by atoms with Crippen LogP contribution >= 0.6 is 11.3 Å². The maximum Gasteiger partial charge on any atom is 0.273 e. The minimum atomic E-state index is -0.354. The fourth-order valence-electron chi connectivity index (χ4n) is 3.11. The molecule has 2 aromatic heterocycles. The summed E-state index contributed by atoms with van der Waals surface area (Å²) in [7, 11) is 0. The van der Waals surface area contributed by atoms with Gasteiger partial charge in [-0.05, 0) is 37.1 Å². The summed E-state index contributed by atoms with van der Waals surface area (Å²) in [4.78, 5) is 41.5. The fourth-order valence-corrected chi connectivity index (χ4v) is 4.14. The molecule has 2 aromatic carbocycles. The first-order chi connectivity index (χ1) is 13.4. The average Bonchev–Trinajstić information content (AvgIpc) is 3.11. The van der Waals surface area contributed by atoms with Gasteiger partial charge in [-0.1, -0.05) is 35.6 Å². The van der Waals surface area contributed by atoms with Gasteiger partial charge in [0.1, 0.15) is 0 Å². The molecule has 7 nitrogen and oxygen atoms in total. The van der Waals surface area contributed by atoms with Crippen LogP contribution in [0.15, 0.2) is 46.0 Å². The standard InChI is InChI=1S/C20H18N4O3S/c1-11-7-8-12(2)17-16(11)22-20(28-17)21-15(25)9-10-24-19(27)14-6-4-3-5-13(14)18(26)23-24/h3-8H,9-10H2,1-2H3,(H,23,26)(H,21,22,25). The van der Waals surface area contributed by atoms with E-state index in [1.807, 2.05) is 26.0 Å². The monoisotopic (exact) mass is 394 g/mol. The Kier molecular flexibility index (Phi) is 4.56. The van der Waals surface area contributed by atoms with Gasteiger partial charge in [0, 0.05) is 6.42 Å². The summed E-state index contributed by atoms with van der Waals surface area (Å²) in [6.07, 6.45) is 0.0437. The lowest BCUT2D eigenvalue weighted by Gasteiger charge is -2.07. The molecule has 0 aliphatic heterocycles. The Bertz CT molecular complexity index is 1290. The second-order valence-electron chi connectivity index (χ2n) is 6.64. The Morgan fingerprint density at radius 1 is 1.11 bits per heavy atom. The van der Waals surface area contributed by atoms with Crippen molar-refractivity contribution in [3.05, 3.63) is 68.2 Å². The van der Waals surface area contributed by atoms with E-state index in [0.29, 0.717) is 15.9 Å². The normalized spacial score (nSPS) is 11.2. The average molecular weight is 394 g/mol. The fraction of sp³-hybridized carbons (Fsp3) is 0.200. The van der Waals surface area contributed by atoms with Crippen molar-refractivity contribution in [2.24, 2.45) is 0 Å². The van der Waals surface area contributed by atoms with Crippen molar-refractivity contribution < 1.29 is 4.79 Å². The van der Waals surface area contributed by atoms with E-state index < -0.39 is 0 Å². The molecule has 0 radical (unpaired) electrons. The summed E-state index contributed by atoms with van der Waals surface area (Å²) in [6, 6.07) is 10.7. The minimum absolute atomic E-state index is 0.0437. The molecule has 0 unspecified atom stereocenters. The number of fused-ring (bicyclic) bond motifs is 2. The number of aryl methyl sites for hydroxylation is 3. The van der Waals surface area contributed by atoms with Gasteiger partial charge < -0.3 is 5.32 Å². The highest BCUT2D eigenvalue weighted by atomic mass is 32.1. The number of amides is 1. The van der Waals surface area contributed by atoms with Gasteiger partial charge in [0.15, 0.2) is 5.13 Å². The lowest BCUT2D eigenvalue weighted by Crippen LogP contribution is -2.31. The molecule has 28 heavy (non-hydrogen) atoms. The first-order valence-electron chi connectivity index (χ1n) is 8.82. The summed E-state index contributed by atoms with van der Waals surface area (Å²) >= 11 is 1.43. The Hall–Kier alpha value is -3.26. The molecule has 0 fully saturated rings. The maximum absolute atomic E-state index is 12.5. The van der Waals surface area contributed by atoms with Crippen LogP contribution in [0.25, 0.3) is 21.0 Å². The van der Waals surface area contributed by atoms with Gasteiger partial charge in [0.05, 0.1) is 27.5 Å². The van der Waals surface area contributed by atoms with Crippen molar-refractivity contribution in [3.8, 4) is 0 Å². The summed E-state index contributed by atoms with van der Waals surface area (Å²) in [6.45, 7) is 4.07. The number of aromatic amines is 1. The molecule has 0 saturated carbocycles. The van der Waals surface area contributed by atoms with Crippen LogP contribution in [-0.4, -0.2) is 20.7 Å². The number of anilines is 1. The first-order valence-corrected chi connectivity index (χ1v) is 9.64. The number of aromatic nitrogens is 3. The molecule has 2 N–H and O–H groups in total. The molecule has 1 amide bonds. The Morgan fingerprint density at radius 3 is 2.57 bits per heavy atom. The number of thiazole rings is 1. The zero-order valence-electron chi connectivity index (χ0n) is 15.4. The van der Waals surface area contributed by atoms with Crippen LogP contribution in [-0.2, 0) is 11.3 Å². The van der Waals surface area contributed by atoms with Crippen LogP contribution in [0.5, 0.6) is 0 Å². The summed E-state index contributed by atoms with van der Waals surface area (Å²) < 4.78 is 2.22. The number of rotatable bonds is 4. The highest BCUT2D eigenvalue weighted by Crippen LogP contribution is 2.30. The van der Waals surface area contributed by atoms with E-state index >= 15 is 0 Å². The van der Waals surface area contributed by atoms with E-state index in [1.165, 1.54) is 16.0 Å². The van der Waals surface area contributed by atoms with Gasteiger partial charge in [-0.3, -0.25) is 19.5 Å². The van der Waals surface area contributed by atoms with E-state index in [2.05, 4.69) is 15.4 Å². The molecule has 8 heteroatoms. The second-order valence-corrected chi connectivity index (χ2v) is 7.64. The molecule has 0 atom stereocenters. The number of nitrogens with zero attached hydrogens (tertiary/aromatic N) is 2. The molecule has 0 bridgehead atoms. The number of H-pyrrole nitrogens is 1. The van der Waals surface area contributed by atoms with Crippen LogP contribution in [0.4, 0.5) is 5.13 Å². The van der Waals surface area contributed by atoms with E-state index in [0.717, 1.165) is 21.3 Å². The van der Waals surface area contributed by atoms with Gasteiger partial charge in [-0.2, -0.15) is 0 Å². The molecule has 0 saturated heterocycles. The number of hydrogen-bond donors (Lipinski definition) is 2. The molecule has 142 valence electrons. The van der Waals surface area contributed by atoms with Gasteiger partial charge in [-0.15, -0.1) is 0 Å². The van der Waals surface area contributed by atoms with Crippen LogP contribution < -0.4 is 16.4 Å². The number of carbonyl (C=O) groups is 1. The minimum Gasteiger partial charge on any atom is -0.302 e. The van der Waals surface area contributed by atoms with Crippen molar-refractivity contribution in [1.82, 2.24) is 14.8 Å². The smallest absolute Gasteiger partial charge is 0.273 e. The quantitative estimate of drug-likeness (QED) is 0.556. The molecule has 0 spiro atoms.